The molecule has 1 aliphatic rings. The molecule has 1 rings (SSSR count). The highest BCUT2D eigenvalue weighted by Crippen LogP contribution is 2.17. The van der Waals surface area contributed by atoms with Gasteiger partial charge < -0.3 is 14.9 Å². The predicted molar refractivity (Wildman–Crippen MR) is 23.1 cm³/mol. The van der Waals surface area contributed by atoms with Gasteiger partial charge in [-0.2, -0.15) is 0 Å². The zero-order chi connectivity index (χ0) is 6.15. The molecule has 8 heavy (non-hydrogen) atoms. The van der Waals surface area contributed by atoms with Gasteiger partial charge in [-0.05, 0) is 0 Å². The lowest BCUT2D eigenvalue weighted by molar-refractivity contribution is -0.236. The van der Waals surface area contributed by atoms with Crippen LogP contribution in [0.4, 0.5) is 0 Å². The van der Waals surface area contributed by atoms with Gasteiger partial charge in [0.25, 0.3) is 0 Å². The van der Waals surface area contributed by atoms with Crippen LogP contribution in [0.5, 0.6) is 0 Å². The van der Waals surface area contributed by atoms with Crippen molar-refractivity contribution in [3.8, 4) is 0 Å². The van der Waals surface area contributed by atoms with Crippen molar-refractivity contribution in [2.45, 2.75) is 18.8 Å². The second-order valence-electron chi connectivity index (χ2n) is 1.65. The Labute approximate surface area is 45.7 Å². The maximum Gasteiger partial charge on any atom is 0.333 e. The van der Waals surface area contributed by atoms with Crippen LogP contribution in [0.1, 0.15) is 6.42 Å². The van der Waals surface area contributed by atoms with Crippen LogP contribution in [0, 0.1) is 0 Å². The Morgan fingerprint density at radius 1 is 1.75 bits per heavy atom. The molecule has 4 nitrogen and oxygen atoms in total. The van der Waals surface area contributed by atoms with Crippen molar-refractivity contribution in [3.05, 3.63) is 0 Å². The van der Waals surface area contributed by atoms with Gasteiger partial charge in [0.2, 0.25) is 0 Å². The minimum absolute atomic E-state index is 0.218. The molecule has 0 spiro atoms. The van der Waals surface area contributed by atoms with E-state index in [0.29, 0.717) is 0 Å². The van der Waals surface area contributed by atoms with Gasteiger partial charge in [0, 0.05) is 6.42 Å². The third-order valence-electron chi connectivity index (χ3n) is 1.01. The van der Waals surface area contributed by atoms with Gasteiger partial charge in [-0.15, -0.1) is 0 Å². The maximum atomic E-state index is 9.89. The van der Waals surface area contributed by atoms with E-state index < -0.39 is 18.4 Å². The summed E-state index contributed by atoms with van der Waals surface area (Å²) in [6, 6.07) is 0. The molecule has 2 atom stereocenters. The Bertz CT molecular complexity index is 105. The van der Waals surface area contributed by atoms with Crippen molar-refractivity contribution in [2.75, 3.05) is 0 Å². The quantitative estimate of drug-likeness (QED) is 0.472. The van der Waals surface area contributed by atoms with E-state index >= 15 is 0 Å². The van der Waals surface area contributed by atoms with Crippen LogP contribution in [0.2, 0.25) is 0 Å². The minimum atomic E-state index is -1.00. The largest absolute Gasteiger partial charge is 0.479 e. The van der Waals surface area contributed by atoms with E-state index in [1.165, 1.54) is 0 Å². The van der Waals surface area contributed by atoms with Gasteiger partial charge >= 0.3 is 5.97 Å². The summed E-state index contributed by atoms with van der Waals surface area (Å²) < 4.78 is 4.36. The van der Waals surface area contributed by atoms with Crippen LogP contribution in [0.15, 0.2) is 0 Å². The molecule has 1 saturated heterocycles. The van der Waals surface area contributed by atoms with E-state index in [0.717, 1.165) is 0 Å². The maximum absolute atomic E-state index is 9.89. The molecule has 0 aromatic carbocycles. The first-order valence-electron chi connectivity index (χ1n) is 2.26. The molecule has 1 fully saturated rings. The third kappa shape index (κ3) is 0.801. The van der Waals surface area contributed by atoms with Crippen LogP contribution in [0.3, 0.4) is 0 Å². The number of carboxylic acid groups (broad SMARTS) is 1. The zero-order valence-electron chi connectivity index (χ0n) is 4.07. The lowest BCUT2D eigenvalue weighted by atomic mass is 10.2. The molecule has 1 aliphatic heterocycles. The Morgan fingerprint density at radius 2 is 2.25 bits per heavy atom. The van der Waals surface area contributed by atoms with Gasteiger partial charge in [0.15, 0.2) is 12.4 Å². The van der Waals surface area contributed by atoms with E-state index in [1.807, 2.05) is 0 Å². The average molecular weight is 118 g/mol. The molecule has 0 aliphatic carbocycles. The Kier molecular flexibility index (Phi) is 1.19. The summed E-state index contributed by atoms with van der Waals surface area (Å²) in [5, 5.41) is 16.5. The van der Waals surface area contributed by atoms with Crippen molar-refractivity contribution in [1.29, 1.82) is 0 Å². The molecule has 0 amide bonds. The minimum Gasteiger partial charge on any atom is -0.479 e. The fraction of sp³-hybridized carbons (Fsp3) is 0.750. The summed E-state index contributed by atoms with van der Waals surface area (Å²) in [6.07, 6.45) is -1.41. The molecule has 0 radical (unpaired) electrons. The smallest absolute Gasteiger partial charge is 0.333 e. The molecular formula is C4H6O4. The Morgan fingerprint density at radius 3 is 2.38 bits per heavy atom. The molecule has 0 saturated carbocycles. The SMILES string of the molecule is O=C(O)[C@@H]1C[C@H](O)O1. The van der Waals surface area contributed by atoms with Crippen LogP contribution in [-0.4, -0.2) is 28.6 Å². The third-order valence-corrected chi connectivity index (χ3v) is 1.01. The van der Waals surface area contributed by atoms with Gasteiger partial charge in [0.1, 0.15) is 0 Å². The molecule has 1 heterocycles. The summed E-state index contributed by atoms with van der Waals surface area (Å²) in [6.45, 7) is 0. The number of ether oxygens (including phenoxy) is 1. The number of carbonyl (C=O) groups is 1. The Balaban J connectivity index is 2.25. The standard InChI is InChI=1S/C4H6O4/c5-3-1-2(8-3)4(6)7/h2-3,5H,1H2,(H,6,7)/t2-,3+/m0/s1. The van der Waals surface area contributed by atoms with Crippen molar-refractivity contribution in [2.24, 2.45) is 0 Å². The number of rotatable bonds is 1. The molecular weight excluding hydrogens is 112 g/mol. The summed E-state index contributed by atoms with van der Waals surface area (Å²) in [7, 11) is 0. The normalized spacial score (nSPS) is 36.1. The first kappa shape index (κ1) is 5.53. The molecule has 2 N–H and O–H groups in total. The molecule has 4 heteroatoms. The van der Waals surface area contributed by atoms with Crippen molar-refractivity contribution < 1.29 is 19.7 Å². The Hall–Kier alpha value is -0.610. The number of carboxylic acids is 1. The fourth-order valence-corrected chi connectivity index (χ4v) is 0.521. The van der Waals surface area contributed by atoms with E-state index in [1.54, 1.807) is 0 Å². The van der Waals surface area contributed by atoms with Gasteiger partial charge in [-0.1, -0.05) is 0 Å². The van der Waals surface area contributed by atoms with E-state index in [4.69, 9.17) is 10.2 Å². The highest BCUT2D eigenvalue weighted by molar-refractivity contribution is 5.73. The lowest BCUT2D eigenvalue weighted by Crippen LogP contribution is -2.42. The molecule has 0 unspecified atom stereocenters. The van der Waals surface area contributed by atoms with Crippen LogP contribution in [0.25, 0.3) is 0 Å². The number of hydrogen-bond acceptors (Lipinski definition) is 3. The summed E-state index contributed by atoms with van der Waals surface area (Å²) >= 11 is 0. The van der Waals surface area contributed by atoms with E-state index in [2.05, 4.69) is 4.74 Å². The first-order valence-corrected chi connectivity index (χ1v) is 2.26. The second kappa shape index (κ2) is 1.72. The van der Waals surface area contributed by atoms with Gasteiger partial charge in [-0.3, -0.25) is 0 Å². The highest BCUT2D eigenvalue weighted by Gasteiger charge is 2.33. The average Bonchev–Trinajstić information content (AvgIpc) is 1.57. The highest BCUT2D eigenvalue weighted by atomic mass is 16.6. The molecule has 0 aromatic heterocycles. The van der Waals surface area contributed by atoms with Crippen molar-refractivity contribution in [3.63, 3.8) is 0 Å². The lowest BCUT2D eigenvalue weighted by Gasteiger charge is -2.27. The number of aliphatic carboxylic acids is 1. The van der Waals surface area contributed by atoms with Crippen LogP contribution in [-0.2, 0) is 9.53 Å². The fourth-order valence-electron chi connectivity index (χ4n) is 0.521. The topological polar surface area (TPSA) is 66.8 Å². The number of hydrogen-bond donors (Lipinski definition) is 2. The molecule has 0 bridgehead atoms. The molecule has 46 valence electrons. The summed E-state index contributed by atoms with van der Waals surface area (Å²) in [4.78, 5) is 9.89. The van der Waals surface area contributed by atoms with Crippen molar-refractivity contribution in [1.82, 2.24) is 0 Å². The monoisotopic (exact) mass is 118 g/mol. The zero-order valence-corrected chi connectivity index (χ0v) is 4.07. The van der Waals surface area contributed by atoms with Gasteiger partial charge in [0.05, 0.1) is 0 Å². The van der Waals surface area contributed by atoms with Gasteiger partial charge in [-0.25, -0.2) is 4.79 Å². The van der Waals surface area contributed by atoms with Crippen LogP contribution < -0.4 is 0 Å². The number of aliphatic hydroxyl groups excluding tert-OH is 1. The van der Waals surface area contributed by atoms with E-state index in [-0.39, 0.29) is 6.42 Å². The predicted octanol–water partition coefficient (Wildman–Crippen LogP) is -0.822. The van der Waals surface area contributed by atoms with E-state index in [9.17, 15) is 4.79 Å². The number of aliphatic hydroxyl groups is 1. The summed E-state index contributed by atoms with van der Waals surface area (Å²) in [5.74, 6) is -1.00. The molecule has 0 aromatic rings. The second-order valence-corrected chi connectivity index (χ2v) is 1.65. The van der Waals surface area contributed by atoms with Crippen LogP contribution >= 0.6 is 0 Å². The van der Waals surface area contributed by atoms with Crippen molar-refractivity contribution >= 4 is 5.97 Å². The first-order chi connectivity index (χ1) is 3.70. The summed E-state index contributed by atoms with van der Waals surface area (Å²) in [5.41, 5.74) is 0.